The molecule has 6 heteroatoms. The van der Waals surface area contributed by atoms with E-state index in [9.17, 15) is 8.42 Å². The maximum atomic E-state index is 11.2. The quantitative estimate of drug-likeness (QED) is 0.650. The smallest absolute Gasteiger partial charge is 0.344 e. The number of hydrogen-bond acceptors (Lipinski definition) is 3. The summed E-state index contributed by atoms with van der Waals surface area (Å²) >= 11 is 0. The molecule has 2 rings (SSSR count). The zero-order valence-corrected chi connectivity index (χ0v) is 8.30. The molecule has 0 amide bonds. The summed E-state index contributed by atoms with van der Waals surface area (Å²) in [6, 6.07) is 5.31. The summed E-state index contributed by atoms with van der Waals surface area (Å²) in [5.41, 5.74) is 7.56. The Balaban J connectivity index is 2.68. The van der Waals surface area contributed by atoms with Crippen LogP contribution in [0.25, 0.3) is 0 Å². The van der Waals surface area contributed by atoms with Gasteiger partial charge < -0.3 is 5.73 Å². The van der Waals surface area contributed by atoms with E-state index >= 15 is 0 Å². The molecule has 0 aromatic heterocycles. The number of fused-ring (bicyclic) bond motifs is 1. The third kappa shape index (κ3) is 1.44. The number of amidine groups is 1. The van der Waals surface area contributed by atoms with Crippen LogP contribution in [0.1, 0.15) is 11.1 Å². The van der Waals surface area contributed by atoms with Gasteiger partial charge in [0.1, 0.15) is 5.84 Å². The zero-order chi connectivity index (χ0) is 10.3. The predicted octanol–water partition coefficient (Wildman–Crippen LogP) is 0.371. The highest BCUT2D eigenvalue weighted by Gasteiger charge is 2.20. The molecule has 0 saturated heterocycles. The van der Waals surface area contributed by atoms with Gasteiger partial charge in [0, 0.05) is 5.56 Å². The van der Waals surface area contributed by atoms with Crippen LogP contribution in [0.3, 0.4) is 0 Å². The molecule has 74 valence electrons. The van der Waals surface area contributed by atoms with E-state index in [-0.39, 0.29) is 5.84 Å². The van der Waals surface area contributed by atoms with Crippen molar-refractivity contribution in [2.75, 3.05) is 4.72 Å². The first-order valence-electron chi connectivity index (χ1n) is 3.97. The van der Waals surface area contributed by atoms with Crippen molar-refractivity contribution in [1.29, 1.82) is 0 Å². The fourth-order valence-corrected chi connectivity index (χ4v) is 2.16. The van der Waals surface area contributed by atoms with Crippen LogP contribution in [0.4, 0.5) is 5.69 Å². The van der Waals surface area contributed by atoms with Crippen molar-refractivity contribution < 1.29 is 8.42 Å². The first-order chi connectivity index (χ1) is 6.48. The standard InChI is InChI=1S/C8H9N3O2S/c1-5-2-3-6-7(4-5)10-14(12,13)11-8(6)9/h2-4,10H,1H3,(H2,9,11). The zero-order valence-electron chi connectivity index (χ0n) is 7.48. The highest BCUT2D eigenvalue weighted by molar-refractivity contribution is 7.91. The monoisotopic (exact) mass is 211 g/mol. The lowest BCUT2D eigenvalue weighted by molar-refractivity contribution is 0.602. The van der Waals surface area contributed by atoms with Crippen molar-refractivity contribution >= 4 is 21.7 Å². The molecule has 0 bridgehead atoms. The van der Waals surface area contributed by atoms with Crippen molar-refractivity contribution in [3.8, 4) is 0 Å². The summed E-state index contributed by atoms with van der Waals surface area (Å²) in [4.78, 5) is 0. The Hall–Kier alpha value is -1.56. The van der Waals surface area contributed by atoms with Gasteiger partial charge in [-0.05, 0) is 24.6 Å². The number of anilines is 1. The van der Waals surface area contributed by atoms with Crippen LogP contribution in [0.15, 0.2) is 22.6 Å². The van der Waals surface area contributed by atoms with Gasteiger partial charge in [0.25, 0.3) is 0 Å². The molecule has 1 aliphatic heterocycles. The average Bonchev–Trinajstić information content (AvgIpc) is 2.00. The highest BCUT2D eigenvalue weighted by Crippen LogP contribution is 2.22. The SMILES string of the molecule is Cc1ccc2c(c1)NS(=O)(=O)N=C2N. The van der Waals surface area contributed by atoms with Gasteiger partial charge in [-0.15, -0.1) is 4.40 Å². The van der Waals surface area contributed by atoms with Crippen LogP contribution < -0.4 is 10.5 Å². The second-order valence-electron chi connectivity index (χ2n) is 3.10. The van der Waals surface area contributed by atoms with Crippen LogP contribution in [0.2, 0.25) is 0 Å². The summed E-state index contributed by atoms with van der Waals surface area (Å²) in [5, 5.41) is 0. The van der Waals surface area contributed by atoms with Crippen molar-refractivity contribution in [3.63, 3.8) is 0 Å². The van der Waals surface area contributed by atoms with Gasteiger partial charge in [-0.2, -0.15) is 8.42 Å². The molecule has 0 radical (unpaired) electrons. The lowest BCUT2D eigenvalue weighted by Crippen LogP contribution is -2.26. The van der Waals surface area contributed by atoms with Gasteiger partial charge >= 0.3 is 10.2 Å². The molecular weight excluding hydrogens is 202 g/mol. The predicted molar refractivity (Wildman–Crippen MR) is 54.4 cm³/mol. The molecule has 0 unspecified atom stereocenters. The molecule has 0 saturated carbocycles. The van der Waals surface area contributed by atoms with E-state index in [0.717, 1.165) is 5.56 Å². The van der Waals surface area contributed by atoms with Crippen molar-refractivity contribution in [2.45, 2.75) is 6.92 Å². The Morgan fingerprint density at radius 2 is 2.14 bits per heavy atom. The Labute approximate surface area is 81.8 Å². The molecule has 0 fully saturated rings. The third-order valence-electron chi connectivity index (χ3n) is 1.91. The normalized spacial score (nSPS) is 17.9. The lowest BCUT2D eigenvalue weighted by atomic mass is 10.1. The van der Waals surface area contributed by atoms with E-state index < -0.39 is 10.2 Å². The van der Waals surface area contributed by atoms with E-state index in [4.69, 9.17) is 5.73 Å². The first-order valence-corrected chi connectivity index (χ1v) is 5.41. The number of rotatable bonds is 0. The number of hydrogen-bond donors (Lipinski definition) is 2. The third-order valence-corrected chi connectivity index (χ3v) is 2.82. The second kappa shape index (κ2) is 2.71. The first kappa shape index (κ1) is 9.01. The maximum Gasteiger partial charge on any atom is 0.344 e. The van der Waals surface area contributed by atoms with E-state index in [1.54, 1.807) is 12.1 Å². The fraction of sp³-hybridized carbons (Fsp3) is 0.125. The second-order valence-corrected chi connectivity index (χ2v) is 4.44. The minimum absolute atomic E-state index is 0.0266. The van der Waals surface area contributed by atoms with Crippen molar-refractivity contribution in [3.05, 3.63) is 29.3 Å². The largest absolute Gasteiger partial charge is 0.382 e. The molecular formula is C8H9N3O2S. The highest BCUT2D eigenvalue weighted by atomic mass is 32.2. The Kier molecular flexibility index (Phi) is 1.75. The van der Waals surface area contributed by atoms with E-state index in [2.05, 4.69) is 9.12 Å². The number of benzene rings is 1. The number of nitrogens with two attached hydrogens (primary N) is 1. The molecule has 14 heavy (non-hydrogen) atoms. The van der Waals surface area contributed by atoms with Crippen LogP contribution >= 0.6 is 0 Å². The molecule has 0 spiro atoms. The van der Waals surface area contributed by atoms with E-state index in [0.29, 0.717) is 11.3 Å². The van der Waals surface area contributed by atoms with Crippen molar-refractivity contribution in [2.24, 2.45) is 10.1 Å². The lowest BCUT2D eigenvalue weighted by Gasteiger charge is -2.15. The number of aryl methyl sites for hydroxylation is 1. The van der Waals surface area contributed by atoms with Crippen LogP contribution in [-0.2, 0) is 10.2 Å². The molecule has 1 heterocycles. The van der Waals surface area contributed by atoms with Gasteiger partial charge in [0.2, 0.25) is 0 Å². The minimum Gasteiger partial charge on any atom is -0.382 e. The Morgan fingerprint density at radius 3 is 2.86 bits per heavy atom. The summed E-state index contributed by atoms with van der Waals surface area (Å²) in [7, 11) is -3.65. The van der Waals surface area contributed by atoms with Crippen LogP contribution in [0.5, 0.6) is 0 Å². The van der Waals surface area contributed by atoms with E-state index in [1.165, 1.54) is 0 Å². The van der Waals surface area contributed by atoms with Crippen LogP contribution in [0, 0.1) is 6.92 Å². The van der Waals surface area contributed by atoms with Gasteiger partial charge in [0.15, 0.2) is 0 Å². The molecule has 3 N–H and O–H groups in total. The molecule has 1 aromatic rings. The summed E-state index contributed by atoms with van der Waals surface area (Å²) < 4.78 is 28.0. The maximum absolute atomic E-state index is 11.2. The molecule has 0 atom stereocenters. The summed E-state index contributed by atoms with van der Waals surface area (Å²) in [6.07, 6.45) is 0. The molecule has 5 nitrogen and oxygen atoms in total. The fourth-order valence-electron chi connectivity index (χ4n) is 1.31. The Morgan fingerprint density at radius 1 is 1.43 bits per heavy atom. The average molecular weight is 211 g/mol. The summed E-state index contributed by atoms with van der Waals surface area (Å²) in [5.74, 6) is 0.0266. The molecule has 0 aliphatic carbocycles. The molecule has 1 aromatic carbocycles. The number of nitrogens with zero attached hydrogens (tertiary/aromatic N) is 1. The van der Waals surface area contributed by atoms with E-state index in [1.807, 2.05) is 13.0 Å². The van der Waals surface area contributed by atoms with Gasteiger partial charge in [-0.3, -0.25) is 4.72 Å². The van der Waals surface area contributed by atoms with Gasteiger partial charge in [-0.25, -0.2) is 0 Å². The van der Waals surface area contributed by atoms with Gasteiger partial charge in [-0.1, -0.05) is 6.07 Å². The van der Waals surface area contributed by atoms with Crippen molar-refractivity contribution in [1.82, 2.24) is 0 Å². The molecule has 1 aliphatic rings. The van der Waals surface area contributed by atoms with Crippen LogP contribution in [-0.4, -0.2) is 14.3 Å². The van der Waals surface area contributed by atoms with Gasteiger partial charge in [0.05, 0.1) is 5.69 Å². The topological polar surface area (TPSA) is 84.5 Å². The number of nitrogens with one attached hydrogen (secondary N) is 1. The Bertz CT molecular complexity index is 519. The summed E-state index contributed by atoms with van der Waals surface area (Å²) in [6.45, 7) is 1.87. The minimum atomic E-state index is -3.65.